The van der Waals surface area contributed by atoms with E-state index in [1.54, 1.807) is 6.21 Å². The predicted molar refractivity (Wildman–Crippen MR) is 110 cm³/mol. The van der Waals surface area contributed by atoms with E-state index < -0.39 is 0 Å². The van der Waals surface area contributed by atoms with Crippen LogP contribution in [0.2, 0.25) is 0 Å². The highest BCUT2D eigenvalue weighted by molar-refractivity contribution is 9.10. The lowest BCUT2D eigenvalue weighted by Gasteiger charge is -2.11. The number of hydrazone groups is 1. The number of nitrogens with zero attached hydrogens (tertiary/aromatic N) is 2. The second kappa shape index (κ2) is 9.38. The van der Waals surface area contributed by atoms with Gasteiger partial charge in [-0.15, -0.1) is 0 Å². The minimum absolute atomic E-state index is 0.101. The van der Waals surface area contributed by atoms with Crippen molar-refractivity contribution < 1.29 is 9.53 Å². The normalized spacial score (nSPS) is 11.0. The molecule has 0 fully saturated rings. The topological polar surface area (TPSA) is 53.9 Å². The number of halogens is 1. The second-order valence-corrected chi connectivity index (χ2v) is 7.27. The first-order valence-electron chi connectivity index (χ1n) is 8.38. The molecule has 1 N–H and O–H groups in total. The molecule has 26 heavy (non-hydrogen) atoms. The number of anilines is 1. The number of amides is 1. The van der Waals surface area contributed by atoms with Crippen molar-refractivity contribution in [3.05, 3.63) is 58.1 Å². The lowest BCUT2D eigenvalue weighted by atomic mass is 10.0. The van der Waals surface area contributed by atoms with Gasteiger partial charge in [0, 0.05) is 19.8 Å². The first kappa shape index (κ1) is 20.0. The molecule has 5 nitrogen and oxygen atoms in total. The molecule has 0 saturated heterocycles. The van der Waals surface area contributed by atoms with Crippen LogP contribution in [0.1, 0.15) is 30.9 Å². The van der Waals surface area contributed by atoms with E-state index in [0.29, 0.717) is 11.7 Å². The first-order valence-corrected chi connectivity index (χ1v) is 9.17. The third-order valence-corrected chi connectivity index (χ3v) is 4.41. The van der Waals surface area contributed by atoms with Crippen LogP contribution in [0.15, 0.2) is 52.0 Å². The maximum Gasteiger partial charge on any atom is 0.277 e. The van der Waals surface area contributed by atoms with Gasteiger partial charge in [-0.2, -0.15) is 5.10 Å². The minimum Gasteiger partial charge on any atom is -0.483 e. The minimum atomic E-state index is -0.314. The largest absolute Gasteiger partial charge is 0.483 e. The summed E-state index contributed by atoms with van der Waals surface area (Å²) in [5, 5.41) is 3.96. The summed E-state index contributed by atoms with van der Waals surface area (Å²) in [5.41, 5.74) is 5.69. The zero-order chi connectivity index (χ0) is 19.1. The van der Waals surface area contributed by atoms with Gasteiger partial charge in [0.2, 0.25) is 0 Å². The van der Waals surface area contributed by atoms with Crippen LogP contribution in [0.25, 0.3) is 0 Å². The smallest absolute Gasteiger partial charge is 0.277 e. The SMILES string of the molecule is CC(C)c1ccc(OCC(=O)NN=Cc2ccc(N(C)C)cc2)c(Br)c1. The zero-order valence-electron chi connectivity index (χ0n) is 15.5. The summed E-state index contributed by atoms with van der Waals surface area (Å²) in [7, 11) is 3.97. The van der Waals surface area contributed by atoms with Gasteiger partial charge in [-0.1, -0.05) is 32.0 Å². The molecular weight excluding hydrogens is 394 g/mol. The standard InChI is InChI=1S/C20H24BrN3O2/c1-14(2)16-7-10-19(18(21)11-16)26-13-20(25)23-22-12-15-5-8-17(9-6-15)24(3)4/h5-12,14H,13H2,1-4H3,(H,23,25). The number of hydrogen-bond donors (Lipinski definition) is 1. The molecule has 1 amide bonds. The Labute approximate surface area is 163 Å². The van der Waals surface area contributed by atoms with E-state index in [9.17, 15) is 4.79 Å². The molecule has 138 valence electrons. The third kappa shape index (κ3) is 5.88. The van der Waals surface area contributed by atoms with Crippen LogP contribution in [0.4, 0.5) is 5.69 Å². The Hall–Kier alpha value is -2.34. The molecule has 6 heteroatoms. The summed E-state index contributed by atoms with van der Waals surface area (Å²) in [6.07, 6.45) is 1.60. The Morgan fingerprint density at radius 3 is 2.50 bits per heavy atom. The van der Waals surface area contributed by atoms with Gasteiger partial charge in [0.15, 0.2) is 6.61 Å². The maximum absolute atomic E-state index is 11.9. The summed E-state index contributed by atoms with van der Waals surface area (Å²) in [6, 6.07) is 13.7. The molecule has 0 bridgehead atoms. The van der Waals surface area contributed by atoms with Gasteiger partial charge in [0.25, 0.3) is 5.91 Å². The number of nitrogens with one attached hydrogen (secondary N) is 1. The monoisotopic (exact) mass is 417 g/mol. The summed E-state index contributed by atoms with van der Waals surface area (Å²) in [5.74, 6) is 0.753. The highest BCUT2D eigenvalue weighted by atomic mass is 79.9. The Morgan fingerprint density at radius 2 is 1.92 bits per heavy atom. The Morgan fingerprint density at radius 1 is 1.23 bits per heavy atom. The fourth-order valence-corrected chi connectivity index (χ4v) is 2.72. The molecule has 2 aromatic rings. The van der Waals surface area contributed by atoms with Gasteiger partial charge >= 0.3 is 0 Å². The Bertz CT molecular complexity index is 771. The van der Waals surface area contributed by atoms with Crippen LogP contribution >= 0.6 is 15.9 Å². The van der Waals surface area contributed by atoms with E-state index in [-0.39, 0.29) is 12.5 Å². The molecule has 0 aliphatic heterocycles. The van der Waals surface area contributed by atoms with Gasteiger partial charge in [-0.05, 0) is 57.2 Å². The molecule has 2 aromatic carbocycles. The Balaban J connectivity index is 1.83. The number of ether oxygens (including phenoxy) is 1. The maximum atomic E-state index is 11.9. The lowest BCUT2D eigenvalue weighted by molar-refractivity contribution is -0.123. The van der Waals surface area contributed by atoms with Crippen LogP contribution < -0.4 is 15.1 Å². The number of rotatable bonds is 7. The highest BCUT2D eigenvalue weighted by Gasteiger charge is 2.07. The van der Waals surface area contributed by atoms with Gasteiger partial charge in [-0.3, -0.25) is 4.79 Å². The zero-order valence-corrected chi connectivity index (χ0v) is 17.1. The van der Waals surface area contributed by atoms with Crippen LogP contribution in [0, 0.1) is 0 Å². The van der Waals surface area contributed by atoms with Crippen molar-refractivity contribution in [2.24, 2.45) is 5.10 Å². The molecule has 0 unspecified atom stereocenters. The van der Waals surface area contributed by atoms with Gasteiger partial charge in [0.05, 0.1) is 10.7 Å². The predicted octanol–water partition coefficient (Wildman–Crippen LogP) is 4.17. The summed E-state index contributed by atoms with van der Waals surface area (Å²) >= 11 is 3.47. The molecule has 2 rings (SSSR count). The van der Waals surface area contributed by atoms with Crippen molar-refractivity contribution in [1.29, 1.82) is 0 Å². The van der Waals surface area contributed by atoms with Crippen LogP contribution in [0.5, 0.6) is 5.75 Å². The van der Waals surface area contributed by atoms with Gasteiger partial charge < -0.3 is 9.64 Å². The molecule has 0 aromatic heterocycles. The summed E-state index contributed by atoms with van der Waals surface area (Å²) in [4.78, 5) is 13.9. The van der Waals surface area contributed by atoms with E-state index in [2.05, 4.69) is 40.3 Å². The van der Waals surface area contributed by atoms with E-state index in [4.69, 9.17) is 4.74 Å². The molecule has 0 aliphatic rings. The van der Waals surface area contributed by atoms with Crippen LogP contribution in [-0.4, -0.2) is 32.8 Å². The summed E-state index contributed by atoms with van der Waals surface area (Å²) in [6.45, 7) is 4.15. The first-order chi connectivity index (χ1) is 12.4. The number of hydrogen-bond acceptors (Lipinski definition) is 4. The molecule has 0 spiro atoms. The van der Waals surface area contributed by atoms with Crippen molar-refractivity contribution in [3.8, 4) is 5.75 Å². The van der Waals surface area contributed by atoms with Crippen molar-refractivity contribution in [2.45, 2.75) is 19.8 Å². The van der Waals surface area contributed by atoms with Crippen molar-refractivity contribution in [1.82, 2.24) is 5.43 Å². The lowest BCUT2D eigenvalue weighted by Crippen LogP contribution is -2.24. The van der Waals surface area contributed by atoms with E-state index in [1.807, 2.05) is 61.5 Å². The highest BCUT2D eigenvalue weighted by Crippen LogP contribution is 2.28. The van der Waals surface area contributed by atoms with Crippen molar-refractivity contribution in [2.75, 3.05) is 25.6 Å². The quantitative estimate of drug-likeness (QED) is 0.543. The van der Waals surface area contributed by atoms with E-state index >= 15 is 0 Å². The van der Waals surface area contributed by atoms with Crippen LogP contribution in [-0.2, 0) is 4.79 Å². The molecule has 0 radical (unpaired) electrons. The second-order valence-electron chi connectivity index (χ2n) is 6.41. The fourth-order valence-electron chi connectivity index (χ4n) is 2.21. The van der Waals surface area contributed by atoms with Crippen LogP contribution in [0.3, 0.4) is 0 Å². The fraction of sp³-hybridized carbons (Fsp3) is 0.300. The number of benzene rings is 2. The third-order valence-electron chi connectivity index (χ3n) is 3.79. The number of carbonyl (C=O) groups is 1. The van der Waals surface area contributed by atoms with E-state index in [1.165, 1.54) is 5.56 Å². The average Bonchev–Trinajstić information content (AvgIpc) is 2.61. The summed E-state index contributed by atoms with van der Waals surface area (Å²) < 4.78 is 6.37. The molecular formula is C20H24BrN3O2. The molecule has 0 aliphatic carbocycles. The average molecular weight is 418 g/mol. The van der Waals surface area contributed by atoms with Gasteiger partial charge in [-0.25, -0.2) is 5.43 Å². The molecule has 0 saturated carbocycles. The van der Waals surface area contributed by atoms with E-state index in [0.717, 1.165) is 15.7 Å². The van der Waals surface area contributed by atoms with Crippen molar-refractivity contribution in [3.63, 3.8) is 0 Å². The molecule has 0 atom stereocenters. The van der Waals surface area contributed by atoms with Crippen molar-refractivity contribution >= 4 is 33.7 Å². The Kier molecular flexibility index (Phi) is 7.21. The molecule has 0 heterocycles. The number of carbonyl (C=O) groups excluding carboxylic acids is 1. The van der Waals surface area contributed by atoms with Gasteiger partial charge in [0.1, 0.15) is 5.75 Å².